The molecule has 1 aromatic heterocycles. The highest BCUT2D eigenvalue weighted by Gasteiger charge is 2.24. The molecular weight excluding hydrogens is 406 g/mol. The van der Waals surface area contributed by atoms with Gasteiger partial charge in [-0.05, 0) is 50.2 Å². The van der Waals surface area contributed by atoms with Gasteiger partial charge in [-0.15, -0.1) is 5.10 Å². The molecule has 2 N–H and O–H groups in total. The number of likely N-dealkylation sites (tertiary alicyclic amines) is 1. The summed E-state index contributed by atoms with van der Waals surface area (Å²) in [6, 6.07) is 18.5. The third kappa shape index (κ3) is 5.72. The maximum absolute atomic E-state index is 12.9. The number of amides is 1. The fourth-order valence-electron chi connectivity index (χ4n) is 3.84. The number of nitrogens with zero attached hydrogens (tertiary/aromatic N) is 4. The van der Waals surface area contributed by atoms with Crippen LogP contribution >= 0.6 is 0 Å². The third-order valence-corrected chi connectivity index (χ3v) is 5.46. The van der Waals surface area contributed by atoms with Gasteiger partial charge in [0.05, 0.1) is 5.69 Å². The molecule has 1 fully saturated rings. The molecule has 1 atom stereocenters. The van der Waals surface area contributed by atoms with Crippen LogP contribution < -0.4 is 10.1 Å². The summed E-state index contributed by atoms with van der Waals surface area (Å²) in [6.45, 7) is 2.57. The van der Waals surface area contributed by atoms with E-state index in [2.05, 4.69) is 20.5 Å². The lowest BCUT2D eigenvalue weighted by Crippen LogP contribution is -2.36. The van der Waals surface area contributed by atoms with Crippen LogP contribution in [0.3, 0.4) is 0 Å². The molecule has 0 saturated carbocycles. The maximum atomic E-state index is 12.9. The van der Waals surface area contributed by atoms with Gasteiger partial charge in [0.1, 0.15) is 12.7 Å². The standard InChI is InChI=1S/C24H29N5O3/c30-21(17-28-15-9-1-2-10-16-28)18-32-24-22(23(31)25-19-11-5-3-6-12-19)26-27-29(24)20-13-7-4-8-14-20/h3-8,11-14,21,30H,1-2,9-10,15-18H2,(H,25,31)/t21-/m0/s1. The van der Waals surface area contributed by atoms with Crippen LogP contribution in [0.25, 0.3) is 5.69 Å². The number of aliphatic hydroxyl groups is 1. The number of β-amino-alcohol motifs (C(OH)–C–C–N with tert-alkyl or cyclic N) is 1. The molecule has 8 nitrogen and oxygen atoms in total. The summed E-state index contributed by atoms with van der Waals surface area (Å²) in [5.41, 5.74) is 1.44. The van der Waals surface area contributed by atoms with Crippen LogP contribution in [0, 0.1) is 0 Å². The average Bonchev–Trinajstić information content (AvgIpc) is 3.08. The van der Waals surface area contributed by atoms with Crippen LogP contribution in [0.1, 0.15) is 36.2 Å². The summed E-state index contributed by atoms with van der Waals surface area (Å²) >= 11 is 0. The van der Waals surface area contributed by atoms with Gasteiger partial charge >= 0.3 is 0 Å². The number of para-hydroxylation sites is 2. The number of benzene rings is 2. The van der Waals surface area contributed by atoms with E-state index in [-0.39, 0.29) is 18.2 Å². The summed E-state index contributed by atoms with van der Waals surface area (Å²) in [7, 11) is 0. The number of carbonyl (C=O) groups is 1. The zero-order valence-corrected chi connectivity index (χ0v) is 18.1. The highest BCUT2D eigenvalue weighted by atomic mass is 16.5. The lowest BCUT2D eigenvalue weighted by Gasteiger charge is -2.23. The van der Waals surface area contributed by atoms with Crippen LogP contribution in [0.2, 0.25) is 0 Å². The first-order valence-electron chi connectivity index (χ1n) is 11.1. The van der Waals surface area contributed by atoms with Gasteiger partial charge in [-0.3, -0.25) is 4.79 Å². The van der Waals surface area contributed by atoms with E-state index in [4.69, 9.17) is 4.74 Å². The molecule has 2 aromatic carbocycles. The molecule has 0 unspecified atom stereocenters. The topological polar surface area (TPSA) is 92.5 Å². The molecule has 32 heavy (non-hydrogen) atoms. The van der Waals surface area contributed by atoms with Gasteiger partial charge in [-0.1, -0.05) is 54.5 Å². The van der Waals surface area contributed by atoms with Crippen LogP contribution in [-0.2, 0) is 0 Å². The molecule has 1 aliphatic rings. The molecule has 8 heteroatoms. The van der Waals surface area contributed by atoms with Crippen molar-refractivity contribution in [1.29, 1.82) is 0 Å². The molecule has 168 valence electrons. The molecule has 1 aliphatic heterocycles. The third-order valence-electron chi connectivity index (χ3n) is 5.46. The van der Waals surface area contributed by atoms with Crippen LogP contribution in [0.15, 0.2) is 60.7 Å². The van der Waals surface area contributed by atoms with Crippen molar-refractivity contribution < 1.29 is 14.6 Å². The van der Waals surface area contributed by atoms with E-state index < -0.39 is 12.0 Å². The summed E-state index contributed by atoms with van der Waals surface area (Å²) in [6.07, 6.45) is 4.11. The lowest BCUT2D eigenvalue weighted by molar-refractivity contribution is 0.0659. The second kappa shape index (κ2) is 10.9. The maximum Gasteiger partial charge on any atom is 0.281 e. The highest BCUT2D eigenvalue weighted by Crippen LogP contribution is 2.22. The number of anilines is 1. The number of nitrogens with one attached hydrogen (secondary N) is 1. The van der Waals surface area contributed by atoms with Gasteiger partial charge in [0.25, 0.3) is 11.8 Å². The quantitative estimate of drug-likeness (QED) is 0.565. The first kappa shape index (κ1) is 22.0. The number of rotatable bonds is 8. The molecular formula is C24H29N5O3. The lowest BCUT2D eigenvalue weighted by atomic mass is 10.2. The van der Waals surface area contributed by atoms with Crippen molar-refractivity contribution in [1.82, 2.24) is 19.9 Å². The SMILES string of the molecule is O=C(Nc1ccccc1)c1nnn(-c2ccccc2)c1OC[C@@H](O)CN1CCCCCC1. The summed E-state index contributed by atoms with van der Waals surface area (Å²) < 4.78 is 7.44. The first-order chi connectivity index (χ1) is 15.7. The Labute approximate surface area is 187 Å². The molecule has 0 spiro atoms. The number of hydrogen-bond acceptors (Lipinski definition) is 6. The minimum atomic E-state index is -0.683. The molecule has 2 heterocycles. The molecule has 1 saturated heterocycles. The van der Waals surface area contributed by atoms with E-state index in [9.17, 15) is 9.90 Å². The number of aliphatic hydroxyl groups excluding tert-OH is 1. The Bertz CT molecular complexity index is 985. The van der Waals surface area contributed by atoms with Crippen molar-refractivity contribution in [3.05, 3.63) is 66.4 Å². The van der Waals surface area contributed by atoms with E-state index in [1.807, 2.05) is 48.5 Å². The van der Waals surface area contributed by atoms with Gasteiger partial charge in [-0.25, -0.2) is 0 Å². The Morgan fingerprint density at radius 2 is 1.66 bits per heavy atom. The number of aromatic nitrogens is 3. The number of ether oxygens (including phenoxy) is 1. The second-order valence-electron chi connectivity index (χ2n) is 7.99. The second-order valence-corrected chi connectivity index (χ2v) is 7.99. The largest absolute Gasteiger partial charge is 0.473 e. The number of hydrogen-bond donors (Lipinski definition) is 2. The van der Waals surface area contributed by atoms with Gasteiger partial charge in [0, 0.05) is 12.2 Å². The Morgan fingerprint density at radius 1 is 1.00 bits per heavy atom. The monoisotopic (exact) mass is 435 g/mol. The zero-order chi connectivity index (χ0) is 22.2. The predicted octanol–water partition coefficient (Wildman–Crippen LogP) is 3.14. The average molecular weight is 436 g/mol. The van der Waals surface area contributed by atoms with E-state index in [1.165, 1.54) is 17.5 Å². The minimum Gasteiger partial charge on any atom is -0.473 e. The van der Waals surface area contributed by atoms with Crippen LogP contribution in [-0.4, -0.2) is 63.3 Å². The Morgan fingerprint density at radius 3 is 2.34 bits per heavy atom. The zero-order valence-electron chi connectivity index (χ0n) is 18.1. The van der Waals surface area contributed by atoms with Crippen molar-refractivity contribution >= 4 is 11.6 Å². The first-order valence-corrected chi connectivity index (χ1v) is 11.1. The van der Waals surface area contributed by atoms with Gasteiger partial charge < -0.3 is 20.1 Å². The Kier molecular flexibility index (Phi) is 7.47. The van der Waals surface area contributed by atoms with Crippen LogP contribution in [0.4, 0.5) is 5.69 Å². The summed E-state index contributed by atoms with van der Waals surface area (Å²) in [5, 5.41) is 21.6. The van der Waals surface area contributed by atoms with Crippen molar-refractivity contribution in [3.63, 3.8) is 0 Å². The summed E-state index contributed by atoms with van der Waals surface area (Å²) in [4.78, 5) is 15.2. The van der Waals surface area contributed by atoms with E-state index >= 15 is 0 Å². The molecule has 0 aliphatic carbocycles. The van der Waals surface area contributed by atoms with Gasteiger partial charge in [0.2, 0.25) is 5.69 Å². The molecule has 3 aromatic rings. The van der Waals surface area contributed by atoms with E-state index in [0.717, 1.165) is 31.6 Å². The fraction of sp³-hybridized carbons (Fsp3) is 0.375. The minimum absolute atomic E-state index is 0.0440. The van der Waals surface area contributed by atoms with Gasteiger partial charge in [-0.2, -0.15) is 4.68 Å². The predicted molar refractivity (Wildman–Crippen MR) is 122 cm³/mol. The highest BCUT2D eigenvalue weighted by molar-refractivity contribution is 6.04. The molecule has 4 rings (SSSR count). The molecule has 0 radical (unpaired) electrons. The number of carbonyl (C=O) groups excluding carboxylic acids is 1. The Hall–Kier alpha value is -3.23. The van der Waals surface area contributed by atoms with Crippen molar-refractivity contribution in [2.75, 3.05) is 31.6 Å². The van der Waals surface area contributed by atoms with Crippen LogP contribution in [0.5, 0.6) is 5.88 Å². The normalized spacial score (nSPS) is 15.7. The van der Waals surface area contributed by atoms with Crippen molar-refractivity contribution in [3.8, 4) is 11.6 Å². The smallest absolute Gasteiger partial charge is 0.281 e. The van der Waals surface area contributed by atoms with E-state index in [0.29, 0.717) is 12.2 Å². The molecule has 1 amide bonds. The van der Waals surface area contributed by atoms with Gasteiger partial charge in [0.15, 0.2) is 0 Å². The van der Waals surface area contributed by atoms with Crippen molar-refractivity contribution in [2.24, 2.45) is 0 Å². The van der Waals surface area contributed by atoms with Crippen molar-refractivity contribution in [2.45, 2.75) is 31.8 Å². The Balaban J connectivity index is 1.50. The fourth-order valence-corrected chi connectivity index (χ4v) is 3.84. The summed E-state index contributed by atoms with van der Waals surface area (Å²) in [5.74, 6) is -0.213. The van der Waals surface area contributed by atoms with E-state index in [1.54, 1.807) is 12.1 Å². The molecule has 0 bridgehead atoms.